The lowest BCUT2D eigenvalue weighted by Crippen LogP contribution is -2.43. The molecule has 0 radical (unpaired) electrons. The van der Waals surface area contributed by atoms with Crippen LogP contribution in [0.5, 0.6) is 0 Å². The Balaban J connectivity index is 2.24. The molecule has 1 fully saturated rings. The van der Waals surface area contributed by atoms with E-state index in [2.05, 4.69) is 28.7 Å². The van der Waals surface area contributed by atoms with Crippen molar-refractivity contribution in [1.82, 2.24) is 9.97 Å². The first-order chi connectivity index (χ1) is 8.00. The molecule has 94 valence electrons. The van der Waals surface area contributed by atoms with E-state index in [1.54, 1.807) is 0 Å². The highest BCUT2D eigenvalue weighted by Crippen LogP contribution is 2.32. The van der Waals surface area contributed by atoms with Crippen LogP contribution in [0.4, 0.5) is 5.82 Å². The van der Waals surface area contributed by atoms with Crippen molar-refractivity contribution in [2.75, 3.05) is 23.7 Å². The molecule has 1 aromatic heterocycles. The van der Waals surface area contributed by atoms with E-state index < -0.39 is 0 Å². The number of aryl methyl sites for hydroxylation is 1. The molecule has 0 amide bonds. The van der Waals surface area contributed by atoms with Gasteiger partial charge in [0.15, 0.2) is 0 Å². The standard InChI is InChI=1S/C12H18ClN3S/c1-4-10-14-9(13)7-11(15-10)16-5-6-17-12(2,3)8-16/h7H,4-6,8H2,1-3H3. The third-order valence-electron chi connectivity index (χ3n) is 2.79. The molecule has 1 aliphatic heterocycles. The van der Waals surface area contributed by atoms with Gasteiger partial charge >= 0.3 is 0 Å². The monoisotopic (exact) mass is 271 g/mol. The molecule has 2 heterocycles. The molecule has 1 aliphatic rings. The second kappa shape index (κ2) is 5.02. The van der Waals surface area contributed by atoms with E-state index in [0.717, 1.165) is 36.9 Å². The van der Waals surface area contributed by atoms with Gasteiger partial charge in [0.1, 0.15) is 16.8 Å². The third kappa shape index (κ3) is 3.26. The predicted octanol–water partition coefficient (Wildman–Crippen LogP) is 3.02. The maximum Gasteiger partial charge on any atom is 0.134 e. The molecule has 0 atom stereocenters. The molecule has 0 aliphatic carbocycles. The van der Waals surface area contributed by atoms with Crippen molar-refractivity contribution in [3.63, 3.8) is 0 Å². The first-order valence-corrected chi connectivity index (χ1v) is 7.29. The number of hydrogen-bond donors (Lipinski definition) is 0. The van der Waals surface area contributed by atoms with E-state index in [0.29, 0.717) is 5.15 Å². The fourth-order valence-electron chi connectivity index (χ4n) is 1.98. The van der Waals surface area contributed by atoms with Crippen LogP contribution in [0.25, 0.3) is 0 Å². The van der Waals surface area contributed by atoms with Crippen LogP contribution in [0.15, 0.2) is 6.07 Å². The Morgan fingerprint density at radius 2 is 2.24 bits per heavy atom. The summed E-state index contributed by atoms with van der Waals surface area (Å²) in [5.41, 5.74) is 0. The summed E-state index contributed by atoms with van der Waals surface area (Å²) in [4.78, 5) is 11.1. The molecule has 1 saturated heterocycles. The van der Waals surface area contributed by atoms with E-state index in [1.807, 2.05) is 24.8 Å². The Labute approximate surface area is 112 Å². The van der Waals surface area contributed by atoms with Crippen LogP contribution in [0.3, 0.4) is 0 Å². The lowest BCUT2D eigenvalue weighted by molar-refractivity contribution is 0.640. The molecular formula is C12H18ClN3S. The van der Waals surface area contributed by atoms with Gasteiger partial charge in [0.25, 0.3) is 0 Å². The van der Waals surface area contributed by atoms with Gasteiger partial charge in [0.05, 0.1) is 0 Å². The van der Waals surface area contributed by atoms with Gasteiger partial charge in [-0.25, -0.2) is 9.97 Å². The van der Waals surface area contributed by atoms with E-state index >= 15 is 0 Å². The number of thioether (sulfide) groups is 1. The second-order valence-electron chi connectivity index (χ2n) is 4.85. The summed E-state index contributed by atoms with van der Waals surface area (Å²) in [5.74, 6) is 2.93. The topological polar surface area (TPSA) is 29.0 Å². The Bertz CT molecular complexity index is 409. The Morgan fingerprint density at radius 3 is 2.88 bits per heavy atom. The first kappa shape index (κ1) is 13.0. The largest absolute Gasteiger partial charge is 0.354 e. The highest BCUT2D eigenvalue weighted by molar-refractivity contribution is 8.00. The van der Waals surface area contributed by atoms with Gasteiger partial charge in [-0.2, -0.15) is 11.8 Å². The highest BCUT2D eigenvalue weighted by Gasteiger charge is 2.28. The SMILES string of the molecule is CCc1nc(Cl)cc(N2CCSC(C)(C)C2)n1. The van der Waals surface area contributed by atoms with Crippen molar-refractivity contribution in [3.05, 3.63) is 17.0 Å². The van der Waals surface area contributed by atoms with Crippen LogP contribution < -0.4 is 4.90 Å². The lowest BCUT2D eigenvalue weighted by Gasteiger charge is -2.38. The van der Waals surface area contributed by atoms with Crippen molar-refractivity contribution >= 4 is 29.2 Å². The zero-order chi connectivity index (χ0) is 12.5. The van der Waals surface area contributed by atoms with Crippen molar-refractivity contribution < 1.29 is 0 Å². The first-order valence-electron chi connectivity index (χ1n) is 5.92. The molecular weight excluding hydrogens is 254 g/mol. The lowest BCUT2D eigenvalue weighted by atomic mass is 10.2. The van der Waals surface area contributed by atoms with E-state index in [1.165, 1.54) is 0 Å². The van der Waals surface area contributed by atoms with Gasteiger partial charge < -0.3 is 4.90 Å². The molecule has 17 heavy (non-hydrogen) atoms. The molecule has 0 bridgehead atoms. The molecule has 0 unspecified atom stereocenters. The molecule has 2 rings (SSSR count). The van der Waals surface area contributed by atoms with E-state index in [9.17, 15) is 0 Å². The van der Waals surface area contributed by atoms with Crippen LogP contribution >= 0.6 is 23.4 Å². The van der Waals surface area contributed by atoms with Gasteiger partial charge in [-0.3, -0.25) is 0 Å². The average molecular weight is 272 g/mol. The maximum absolute atomic E-state index is 6.04. The Kier molecular flexibility index (Phi) is 3.83. The molecule has 0 saturated carbocycles. The van der Waals surface area contributed by atoms with E-state index in [4.69, 9.17) is 11.6 Å². The summed E-state index contributed by atoms with van der Waals surface area (Å²) < 4.78 is 0.280. The van der Waals surface area contributed by atoms with Gasteiger partial charge in [0, 0.05) is 36.1 Å². The normalized spacial score (nSPS) is 19.4. The van der Waals surface area contributed by atoms with Crippen LogP contribution in [0.1, 0.15) is 26.6 Å². The summed E-state index contributed by atoms with van der Waals surface area (Å²) in [5, 5.41) is 0.544. The zero-order valence-corrected chi connectivity index (χ0v) is 12.1. The zero-order valence-electron chi connectivity index (χ0n) is 10.5. The average Bonchev–Trinajstić information content (AvgIpc) is 2.27. The number of rotatable bonds is 2. The van der Waals surface area contributed by atoms with Gasteiger partial charge in [-0.1, -0.05) is 18.5 Å². The number of nitrogens with zero attached hydrogens (tertiary/aromatic N) is 3. The number of hydrogen-bond acceptors (Lipinski definition) is 4. The van der Waals surface area contributed by atoms with Crippen molar-refractivity contribution in [3.8, 4) is 0 Å². The molecule has 0 spiro atoms. The molecule has 0 aromatic carbocycles. The van der Waals surface area contributed by atoms with Crippen LogP contribution in [0.2, 0.25) is 5.15 Å². The van der Waals surface area contributed by atoms with Crippen molar-refractivity contribution in [1.29, 1.82) is 0 Å². The predicted molar refractivity (Wildman–Crippen MR) is 75.2 cm³/mol. The molecule has 0 N–H and O–H groups in total. The minimum Gasteiger partial charge on any atom is -0.354 e. The summed E-state index contributed by atoms with van der Waals surface area (Å²) in [6.07, 6.45) is 0.819. The number of aromatic nitrogens is 2. The summed E-state index contributed by atoms with van der Waals surface area (Å²) >= 11 is 8.05. The van der Waals surface area contributed by atoms with Crippen LogP contribution in [-0.2, 0) is 6.42 Å². The van der Waals surface area contributed by atoms with Crippen molar-refractivity contribution in [2.45, 2.75) is 31.9 Å². The maximum atomic E-state index is 6.04. The molecule has 1 aromatic rings. The summed E-state index contributed by atoms with van der Waals surface area (Å²) in [6.45, 7) is 8.63. The van der Waals surface area contributed by atoms with Gasteiger partial charge in [-0.05, 0) is 13.8 Å². The number of halogens is 1. The second-order valence-corrected chi connectivity index (χ2v) is 7.04. The molecule has 3 nitrogen and oxygen atoms in total. The van der Waals surface area contributed by atoms with Crippen LogP contribution in [0, 0.1) is 0 Å². The number of anilines is 1. The quantitative estimate of drug-likeness (QED) is 0.774. The summed E-state index contributed by atoms with van der Waals surface area (Å²) in [6, 6.07) is 1.87. The third-order valence-corrected chi connectivity index (χ3v) is 4.28. The van der Waals surface area contributed by atoms with Crippen LogP contribution in [-0.4, -0.2) is 33.6 Å². The molecule has 5 heteroatoms. The van der Waals surface area contributed by atoms with E-state index in [-0.39, 0.29) is 4.75 Å². The van der Waals surface area contributed by atoms with Crippen molar-refractivity contribution in [2.24, 2.45) is 0 Å². The fourth-order valence-corrected chi connectivity index (χ4v) is 3.29. The summed E-state index contributed by atoms with van der Waals surface area (Å²) in [7, 11) is 0. The fraction of sp³-hybridized carbons (Fsp3) is 0.667. The Hall–Kier alpha value is -0.480. The smallest absolute Gasteiger partial charge is 0.134 e. The Morgan fingerprint density at radius 1 is 1.47 bits per heavy atom. The minimum absolute atomic E-state index is 0.280. The minimum atomic E-state index is 0.280. The van der Waals surface area contributed by atoms with Gasteiger partial charge in [-0.15, -0.1) is 0 Å². The van der Waals surface area contributed by atoms with Gasteiger partial charge in [0.2, 0.25) is 0 Å². The highest BCUT2D eigenvalue weighted by atomic mass is 35.5.